The highest BCUT2D eigenvalue weighted by Crippen LogP contribution is 2.22. The quantitative estimate of drug-likeness (QED) is 0.734. The van der Waals surface area contributed by atoms with Crippen molar-refractivity contribution in [1.82, 2.24) is 15.2 Å². The third-order valence-electron chi connectivity index (χ3n) is 3.62. The molecule has 0 aliphatic carbocycles. The van der Waals surface area contributed by atoms with Crippen molar-refractivity contribution in [3.63, 3.8) is 0 Å². The van der Waals surface area contributed by atoms with Crippen molar-refractivity contribution < 1.29 is 14.3 Å². The molecule has 1 aromatic heterocycles. The number of nitrogens with one attached hydrogen (secondary N) is 1. The molecule has 9 heteroatoms. The van der Waals surface area contributed by atoms with Crippen molar-refractivity contribution in [1.29, 1.82) is 0 Å². The van der Waals surface area contributed by atoms with Gasteiger partial charge in [-0.2, -0.15) is 0 Å². The number of piperidine rings is 1. The van der Waals surface area contributed by atoms with Crippen LogP contribution in [0.25, 0.3) is 0 Å². The van der Waals surface area contributed by atoms with E-state index in [1.54, 1.807) is 13.1 Å². The molecule has 0 spiro atoms. The number of halogens is 1. The number of aromatic nitrogens is 1. The van der Waals surface area contributed by atoms with Gasteiger partial charge in [-0.05, 0) is 32.9 Å². The third kappa shape index (κ3) is 6.32. The Morgan fingerprint density at radius 1 is 1.48 bits per heavy atom. The Balaban J connectivity index is 0.00000264. The molecule has 1 aromatic rings. The van der Waals surface area contributed by atoms with Gasteiger partial charge in [-0.25, -0.2) is 4.98 Å². The van der Waals surface area contributed by atoms with E-state index >= 15 is 0 Å². The summed E-state index contributed by atoms with van der Waals surface area (Å²) >= 11 is 1.50. The normalized spacial score (nSPS) is 15.7. The van der Waals surface area contributed by atoms with Gasteiger partial charge in [0.25, 0.3) is 0 Å². The molecule has 1 amide bonds. The van der Waals surface area contributed by atoms with Crippen LogP contribution in [0.4, 0.5) is 5.13 Å². The molecule has 0 unspecified atom stereocenters. The van der Waals surface area contributed by atoms with Gasteiger partial charge in [-0.3, -0.25) is 14.5 Å². The summed E-state index contributed by atoms with van der Waals surface area (Å²) < 4.78 is 4.79. The number of thiazole rings is 1. The second-order valence-electron chi connectivity index (χ2n) is 5.24. The fourth-order valence-corrected chi connectivity index (χ4v) is 3.21. The lowest BCUT2D eigenvalue weighted by atomic mass is 9.96. The van der Waals surface area contributed by atoms with Crippen LogP contribution in [0.2, 0.25) is 0 Å². The Hall–Kier alpha value is -1.38. The zero-order valence-electron chi connectivity index (χ0n) is 13.1. The summed E-state index contributed by atoms with van der Waals surface area (Å²) in [6, 6.07) is 0. The van der Waals surface area contributed by atoms with Crippen LogP contribution < -0.4 is 11.1 Å². The monoisotopic (exact) mass is 362 g/mol. The number of ether oxygens (including phenoxy) is 1. The smallest absolute Gasteiger partial charge is 0.325 e. The molecule has 0 saturated carbocycles. The summed E-state index contributed by atoms with van der Waals surface area (Å²) in [7, 11) is 0. The number of hydrogen-bond donors (Lipinski definition) is 2. The zero-order valence-corrected chi connectivity index (χ0v) is 14.8. The highest BCUT2D eigenvalue weighted by molar-refractivity contribution is 7.15. The molecule has 0 bridgehead atoms. The average molecular weight is 363 g/mol. The number of carbonyl (C=O) groups excluding carboxylic acids is 2. The van der Waals surface area contributed by atoms with E-state index in [1.165, 1.54) is 11.3 Å². The van der Waals surface area contributed by atoms with Crippen LogP contribution in [-0.2, 0) is 20.9 Å². The topological polar surface area (TPSA) is 97.5 Å². The Kier molecular flexibility index (Phi) is 8.29. The number of rotatable bonds is 6. The average Bonchev–Trinajstić information content (AvgIpc) is 2.91. The fourth-order valence-electron chi connectivity index (χ4n) is 2.49. The van der Waals surface area contributed by atoms with Crippen LogP contribution in [0.1, 0.15) is 24.6 Å². The molecule has 1 aliphatic heterocycles. The Labute approximate surface area is 146 Å². The van der Waals surface area contributed by atoms with Crippen LogP contribution in [0.3, 0.4) is 0 Å². The molecule has 0 radical (unpaired) electrons. The van der Waals surface area contributed by atoms with Gasteiger partial charge in [0.2, 0.25) is 5.91 Å². The van der Waals surface area contributed by atoms with Crippen LogP contribution in [-0.4, -0.2) is 48.0 Å². The molecule has 1 fully saturated rings. The second kappa shape index (κ2) is 9.69. The van der Waals surface area contributed by atoms with Gasteiger partial charge < -0.3 is 15.8 Å². The van der Waals surface area contributed by atoms with Crippen molar-refractivity contribution in [2.24, 2.45) is 5.92 Å². The van der Waals surface area contributed by atoms with E-state index in [2.05, 4.69) is 15.2 Å². The summed E-state index contributed by atoms with van der Waals surface area (Å²) in [4.78, 5) is 30.7. The minimum atomic E-state index is -0.393. The number of amides is 1. The summed E-state index contributed by atoms with van der Waals surface area (Å²) in [5.41, 5.74) is 5.62. The van der Waals surface area contributed by atoms with Gasteiger partial charge in [-0.15, -0.1) is 23.7 Å². The molecule has 0 atom stereocenters. The predicted octanol–water partition coefficient (Wildman–Crippen LogP) is 1.04. The second-order valence-corrected chi connectivity index (χ2v) is 6.38. The molecule has 0 aromatic carbocycles. The van der Waals surface area contributed by atoms with Gasteiger partial charge in [0.05, 0.1) is 6.61 Å². The number of nitrogen functional groups attached to an aromatic ring is 1. The maximum absolute atomic E-state index is 12.0. The Morgan fingerprint density at radius 3 is 2.74 bits per heavy atom. The molecule has 23 heavy (non-hydrogen) atoms. The fraction of sp³-hybridized carbons (Fsp3) is 0.643. The van der Waals surface area contributed by atoms with Gasteiger partial charge in [0, 0.05) is 23.5 Å². The number of nitrogens with zero attached hydrogens (tertiary/aromatic N) is 2. The maximum atomic E-state index is 12.0. The lowest BCUT2D eigenvalue weighted by Gasteiger charge is -2.30. The molecule has 2 rings (SSSR count). The summed E-state index contributed by atoms with van der Waals surface area (Å²) in [5.74, 6) is -0.483. The standard InChI is InChI=1S/C14H22N4O3S.ClH/c1-2-21-12(19)8-16-13(20)10-3-5-18(6-4-10)9-11-7-17-14(15)22-11;/h7,10H,2-6,8-9H2,1H3,(H2,15,17)(H,16,20);1H. The summed E-state index contributed by atoms with van der Waals surface area (Å²) in [6.07, 6.45) is 3.39. The van der Waals surface area contributed by atoms with Crippen molar-refractivity contribution >= 4 is 40.8 Å². The van der Waals surface area contributed by atoms with E-state index in [4.69, 9.17) is 10.5 Å². The first-order chi connectivity index (χ1) is 10.6. The van der Waals surface area contributed by atoms with Crippen LogP contribution in [0.15, 0.2) is 6.20 Å². The molecular formula is C14H23ClN4O3S. The van der Waals surface area contributed by atoms with E-state index in [0.717, 1.165) is 37.4 Å². The first-order valence-electron chi connectivity index (χ1n) is 7.44. The first-order valence-corrected chi connectivity index (χ1v) is 8.26. The number of anilines is 1. The molecular weight excluding hydrogens is 340 g/mol. The third-order valence-corrected chi connectivity index (χ3v) is 4.43. The molecule has 1 aliphatic rings. The Morgan fingerprint density at radius 2 is 2.17 bits per heavy atom. The predicted molar refractivity (Wildman–Crippen MR) is 91.4 cm³/mol. The zero-order chi connectivity index (χ0) is 15.9. The highest BCUT2D eigenvalue weighted by Gasteiger charge is 2.25. The van der Waals surface area contributed by atoms with Gasteiger partial charge in [0.1, 0.15) is 6.54 Å². The largest absolute Gasteiger partial charge is 0.465 e. The number of likely N-dealkylation sites (tertiary alicyclic amines) is 1. The summed E-state index contributed by atoms with van der Waals surface area (Å²) in [6.45, 7) is 4.56. The lowest BCUT2D eigenvalue weighted by molar-refractivity contribution is -0.144. The molecule has 130 valence electrons. The Bertz CT molecular complexity index is 518. The molecule has 2 heterocycles. The van der Waals surface area contributed by atoms with Crippen molar-refractivity contribution in [2.45, 2.75) is 26.3 Å². The SMILES string of the molecule is CCOC(=O)CNC(=O)C1CCN(Cc2cnc(N)s2)CC1.Cl. The molecule has 7 nitrogen and oxygen atoms in total. The minimum absolute atomic E-state index is 0. The number of esters is 1. The van der Waals surface area contributed by atoms with Crippen molar-refractivity contribution in [3.8, 4) is 0 Å². The van der Waals surface area contributed by atoms with E-state index in [1.807, 2.05) is 0 Å². The number of nitrogens with two attached hydrogens (primary N) is 1. The van der Waals surface area contributed by atoms with Gasteiger partial charge in [-0.1, -0.05) is 0 Å². The number of hydrogen-bond acceptors (Lipinski definition) is 7. The van der Waals surface area contributed by atoms with Crippen molar-refractivity contribution in [2.75, 3.05) is 32.0 Å². The van der Waals surface area contributed by atoms with Crippen LogP contribution in [0, 0.1) is 5.92 Å². The molecule has 1 saturated heterocycles. The van der Waals surface area contributed by atoms with Crippen molar-refractivity contribution in [3.05, 3.63) is 11.1 Å². The van der Waals surface area contributed by atoms with E-state index in [9.17, 15) is 9.59 Å². The first kappa shape index (κ1) is 19.7. The van der Waals surface area contributed by atoms with E-state index in [-0.39, 0.29) is 30.8 Å². The highest BCUT2D eigenvalue weighted by atomic mass is 35.5. The van der Waals surface area contributed by atoms with E-state index in [0.29, 0.717) is 11.7 Å². The maximum Gasteiger partial charge on any atom is 0.325 e. The molecule has 3 N–H and O–H groups in total. The van der Waals surface area contributed by atoms with Gasteiger partial charge >= 0.3 is 5.97 Å². The number of carbonyl (C=O) groups is 2. The van der Waals surface area contributed by atoms with Gasteiger partial charge in [0.15, 0.2) is 5.13 Å². The lowest BCUT2D eigenvalue weighted by Crippen LogP contribution is -2.41. The van der Waals surface area contributed by atoms with Crippen LogP contribution in [0.5, 0.6) is 0 Å². The summed E-state index contributed by atoms with van der Waals surface area (Å²) in [5, 5.41) is 3.23. The minimum Gasteiger partial charge on any atom is -0.465 e. The van der Waals surface area contributed by atoms with E-state index < -0.39 is 5.97 Å². The van der Waals surface area contributed by atoms with Crippen LogP contribution >= 0.6 is 23.7 Å².